The molecule has 1 saturated carbocycles. The molecule has 1 atom stereocenters. The Morgan fingerprint density at radius 3 is 2.40 bits per heavy atom. The Morgan fingerprint density at radius 1 is 0.867 bits per heavy atom. The maximum atomic E-state index is 15.1. The number of benzene rings is 2. The summed E-state index contributed by atoms with van der Waals surface area (Å²) in [5, 5.41) is 0. The fraction of sp³-hybridized carbons (Fsp3) is 0.481. The second kappa shape index (κ2) is 9.29. The first-order chi connectivity index (χ1) is 14.5. The molecule has 1 fully saturated rings. The summed E-state index contributed by atoms with van der Waals surface area (Å²) in [6.45, 7) is 2.27. The summed E-state index contributed by atoms with van der Waals surface area (Å²) in [6, 6.07) is 7.24. The predicted octanol–water partition coefficient (Wildman–Crippen LogP) is 7.22. The lowest BCUT2D eigenvalue weighted by Crippen LogP contribution is -2.27. The van der Waals surface area contributed by atoms with Gasteiger partial charge in [-0.1, -0.05) is 50.5 Å². The molecule has 3 heteroatoms. The molecule has 2 aromatic carbocycles. The van der Waals surface area contributed by atoms with Crippen LogP contribution in [0.25, 0.3) is 0 Å². The quantitative estimate of drug-likeness (QED) is 0.469. The number of rotatable bonds is 3. The molecule has 0 N–H and O–H groups in total. The van der Waals surface area contributed by atoms with Crippen LogP contribution < -0.4 is 0 Å². The lowest BCUT2D eigenvalue weighted by atomic mass is 9.69. The minimum Gasteiger partial charge on any atom is -0.205 e. The van der Waals surface area contributed by atoms with Crippen LogP contribution in [-0.4, -0.2) is 0 Å². The van der Waals surface area contributed by atoms with Crippen LogP contribution in [0.2, 0.25) is 0 Å². The summed E-state index contributed by atoms with van der Waals surface area (Å²) in [6.07, 6.45) is 10.8. The first kappa shape index (κ1) is 21.0. The molecule has 0 spiro atoms. The zero-order valence-corrected chi connectivity index (χ0v) is 17.6. The minimum atomic E-state index is -0.942. The SMILES string of the molecule is CCCC1CCC(C2CCc3c(ccc(C#Cc4ccc(F)c(F)c4)c3F)C2)CC1. The van der Waals surface area contributed by atoms with Gasteiger partial charge in [0.25, 0.3) is 0 Å². The third kappa shape index (κ3) is 4.59. The standard InChI is InChI=1S/C27H29F3/c1-2-3-18-4-8-20(9-5-18)22-13-14-24-23(17-22)12-11-21(27(24)30)10-6-19-7-15-25(28)26(29)16-19/h7,11-12,15-16,18,20,22H,2-5,8-9,13-14,17H2,1H3. The normalized spacial score (nSPS) is 23.4. The van der Waals surface area contributed by atoms with E-state index in [2.05, 4.69) is 18.8 Å². The Kier molecular flexibility index (Phi) is 6.52. The van der Waals surface area contributed by atoms with Crippen molar-refractivity contribution in [3.63, 3.8) is 0 Å². The Bertz CT molecular complexity index is 958. The van der Waals surface area contributed by atoms with E-state index in [1.807, 2.05) is 6.07 Å². The summed E-state index contributed by atoms with van der Waals surface area (Å²) in [5.74, 6) is 5.82. The third-order valence-electron chi connectivity index (χ3n) is 7.10. The molecule has 0 radical (unpaired) electrons. The number of fused-ring (bicyclic) bond motifs is 1. The van der Waals surface area contributed by atoms with Crippen LogP contribution in [0.4, 0.5) is 13.2 Å². The second-order valence-electron chi connectivity index (χ2n) is 9.02. The van der Waals surface area contributed by atoms with Gasteiger partial charge in [-0.05, 0) is 85.3 Å². The number of hydrogen-bond donors (Lipinski definition) is 0. The van der Waals surface area contributed by atoms with Gasteiger partial charge in [-0.15, -0.1) is 0 Å². The smallest absolute Gasteiger partial charge is 0.160 e. The van der Waals surface area contributed by atoms with E-state index in [1.54, 1.807) is 6.07 Å². The van der Waals surface area contributed by atoms with Crippen molar-refractivity contribution in [2.75, 3.05) is 0 Å². The van der Waals surface area contributed by atoms with Crippen molar-refractivity contribution in [2.24, 2.45) is 17.8 Å². The highest BCUT2D eigenvalue weighted by atomic mass is 19.2. The van der Waals surface area contributed by atoms with Crippen molar-refractivity contribution in [1.82, 2.24) is 0 Å². The molecule has 0 amide bonds. The maximum Gasteiger partial charge on any atom is 0.160 e. The van der Waals surface area contributed by atoms with Gasteiger partial charge in [-0.25, -0.2) is 13.2 Å². The molecule has 30 heavy (non-hydrogen) atoms. The van der Waals surface area contributed by atoms with Crippen molar-refractivity contribution in [1.29, 1.82) is 0 Å². The summed E-state index contributed by atoms with van der Waals surface area (Å²) in [5.41, 5.74) is 2.59. The lowest BCUT2D eigenvalue weighted by molar-refractivity contribution is 0.183. The van der Waals surface area contributed by atoms with E-state index in [0.29, 0.717) is 17.0 Å². The first-order valence-corrected chi connectivity index (χ1v) is 11.3. The van der Waals surface area contributed by atoms with E-state index in [1.165, 1.54) is 44.6 Å². The molecule has 0 aliphatic heterocycles. The van der Waals surface area contributed by atoms with E-state index >= 15 is 4.39 Å². The maximum absolute atomic E-state index is 15.1. The van der Waals surface area contributed by atoms with Crippen LogP contribution in [0.1, 0.15) is 74.1 Å². The highest BCUT2D eigenvalue weighted by Gasteiger charge is 2.31. The van der Waals surface area contributed by atoms with Gasteiger partial charge in [0.15, 0.2) is 11.6 Å². The highest BCUT2D eigenvalue weighted by molar-refractivity contribution is 5.47. The van der Waals surface area contributed by atoms with Crippen LogP contribution in [0.15, 0.2) is 30.3 Å². The van der Waals surface area contributed by atoms with Gasteiger partial charge in [0, 0.05) is 5.56 Å². The van der Waals surface area contributed by atoms with Crippen molar-refractivity contribution in [3.05, 3.63) is 70.0 Å². The highest BCUT2D eigenvalue weighted by Crippen LogP contribution is 2.41. The molecule has 0 aromatic heterocycles. The first-order valence-electron chi connectivity index (χ1n) is 11.3. The average Bonchev–Trinajstić information content (AvgIpc) is 2.76. The summed E-state index contributed by atoms with van der Waals surface area (Å²) in [4.78, 5) is 0. The molecule has 1 unspecified atom stereocenters. The van der Waals surface area contributed by atoms with Crippen LogP contribution in [0, 0.1) is 47.0 Å². The van der Waals surface area contributed by atoms with Crippen molar-refractivity contribution in [3.8, 4) is 11.8 Å². The molecular weight excluding hydrogens is 381 g/mol. The van der Waals surface area contributed by atoms with Gasteiger partial charge in [0.05, 0.1) is 5.56 Å². The van der Waals surface area contributed by atoms with E-state index in [-0.39, 0.29) is 5.82 Å². The molecule has 158 valence electrons. The summed E-state index contributed by atoms with van der Waals surface area (Å²) in [7, 11) is 0. The number of halogens is 3. The monoisotopic (exact) mass is 410 g/mol. The molecule has 2 aromatic rings. The van der Waals surface area contributed by atoms with Crippen LogP contribution in [0.3, 0.4) is 0 Å². The molecule has 4 rings (SSSR count). The Hall–Kier alpha value is -2.21. The fourth-order valence-electron chi connectivity index (χ4n) is 5.41. The van der Waals surface area contributed by atoms with Gasteiger partial charge in [0.2, 0.25) is 0 Å². The van der Waals surface area contributed by atoms with E-state index < -0.39 is 11.6 Å². The zero-order chi connectivity index (χ0) is 21.1. The molecule has 0 heterocycles. The van der Waals surface area contributed by atoms with E-state index in [4.69, 9.17) is 0 Å². The van der Waals surface area contributed by atoms with E-state index in [0.717, 1.165) is 54.4 Å². The zero-order valence-electron chi connectivity index (χ0n) is 17.6. The molecule has 0 bridgehead atoms. The van der Waals surface area contributed by atoms with Gasteiger partial charge in [0.1, 0.15) is 5.82 Å². The molecule has 2 aliphatic carbocycles. The van der Waals surface area contributed by atoms with E-state index in [9.17, 15) is 8.78 Å². The van der Waals surface area contributed by atoms with Gasteiger partial charge in [-0.3, -0.25) is 0 Å². The molecule has 0 saturated heterocycles. The van der Waals surface area contributed by atoms with Crippen LogP contribution in [0.5, 0.6) is 0 Å². The molecular formula is C27H29F3. The van der Waals surface area contributed by atoms with Gasteiger partial charge >= 0.3 is 0 Å². The van der Waals surface area contributed by atoms with Gasteiger partial charge in [-0.2, -0.15) is 0 Å². The van der Waals surface area contributed by atoms with Crippen LogP contribution >= 0.6 is 0 Å². The predicted molar refractivity (Wildman–Crippen MR) is 115 cm³/mol. The topological polar surface area (TPSA) is 0 Å². The Balaban J connectivity index is 1.45. The third-order valence-corrected chi connectivity index (χ3v) is 7.10. The second-order valence-corrected chi connectivity index (χ2v) is 9.02. The Morgan fingerprint density at radius 2 is 1.67 bits per heavy atom. The van der Waals surface area contributed by atoms with Crippen molar-refractivity contribution in [2.45, 2.75) is 64.7 Å². The minimum absolute atomic E-state index is 0.243. The van der Waals surface area contributed by atoms with Crippen molar-refractivity contribution >= 4 is 0 Å². The largest absolute Gasteiger partial charge is 0.205 e. The average molecular weight is 411 g/mol. The van der Waals surface area contributed by atoms with Crippen molar-refractivity contribution < 1.29 is 13.2 Å². The Labute approximate surface area is 177 Å². The lowest BCUT2D eigenvalue weighted by Gasteiger charge is -2.36. The summed E-state index contributed by atoms with van der Waals surface area (Å²) >= 11 is 0. The molecule has 2 aliphatic rings. The summed E-state index contributed by atoms with van der Waals surface area (Å²) < 4.78 is 41.5. The van der Waals surface area contributed by atoms with Gasteiger partial charge < -0.3 is 0 Å². The number of hydrogen-bond acceptors (Lipinski definition) is 0. The fourth-order valence-corrected chi connectivity index (χ4v) is 5.41. The van der Waals surface area contributed by atoms with Crippen LogP contribution in [-0.2, 0) is 12.8 Å². The molecule has 0 nitrogen and oxygen atoms in total.